The summed E-state index contributed by atoms with van der Waals surface area (Å²) in [6, 6.07) is 10.7. The van der Waals surface area contributed by atoms with E-state index in [1.807, 2.05) is 32.9 Å². The summed E-state index contributed by atoms with van der Waals surface area (Å²) < 4.78 is 5.72. The summed E-state index contributed by atoms with van der Waals surface area (Å²) in [4.78, 5) is 38.4. The second-order valence-electron chi connectivity index (χ2n) is 7.55. The van der Waals surface area contributed by atoms with Crippen molar-refractivity contribution in [2.45, 2.75) is 27.2 Å². The zero-order chi connectivity index (χ0) is 22.8. The molecule has 3 aromatic rings. The minimum absolute atomic E-state index is 0.144. The predicted octanol–water partition coefficient (Wildman–Crippen LogP) is 3.32. The zero-order valence-corrected chi connectivity index (χ0v) is 18.8. The molecule has 0 bridgehead atoms. The molecule has 9 heteroatoms. The number of imide groups is 1. The molecule has 32 heavy (non-hydrogen) atoms. The number of rotatable bonds is 7. The number of fused-ring (bicyclic) bond motifs is 1. The highest BCUT2D eigenvalue weighted by atomic mass is 32.1. The lowest BCUT2D eigenvalue weighted by Crippen LogP contribution is -2.31. The number of carbonyl (C=O) groups excluding carboxylic acids is 3. The molecule has 0 atom stereocenters. The molecule has 0 unspecified atom stereocenters. The second kappa shape index (κ2) is 8.88. The number of hydrogen-bond donors (Lipinski definition) is 1. The lowest BCUT2D eigenvalue weighted by Gasteiger charge is -2.13. The van der Waals surface area contributed by atoms with Crippen molar-refractivity contribution in [1.82, 2.24) is 15.1 Å². The molecule has 2 aromatic carbocycles. The molecule has 1 aromatic heterocycles. The van der Waals surface area contributed by atoms with Gasteiger partial charge in [0.05, 0.1) is 11.1 Å². The third kappa shape index (κ3) is 4.24. The third-order valence-electron chi connectivity index (χ3n) is 5.36. The molecule has 0 aliphatic carbocycles. The molecule has 1 N–H and O–H groups in total. The number of ether oxygens (including phenoxy) is 1. The van der Waals surface area contributed by atoms with Crippen LogP contribution in [0.25, 0.3) is 0 Å². The van der Waals surface area contributed by atoms with Gasteiger partial charge in [0.15, 0.2) is 6.61 Å². The van der Waals surface area contributed by atoms with Crippen LogP contribution in [0.3, 0.4) is 0 Å². The molecule has 0 saturated heterocycles. The molecule has 8 nitrogen and oxygen atoms in total. The Labute approximate surface area is 189 Å². The summed E-state index contributed by atoms with van der Waals surface area (Å²) in [7, 11) is 0. The van der Waals surface area contributed by atoms with E-state index in [1.54, 1.807) is 24.3 Å². The quantitative estimate of drug-likeness (QED) is 0.554. The molecular formula is C23H22N4O4S. The third-order valence-corrected chi connectivity index (χ3v) is 6.26. The first-order valence-corrected chi connectivity index (χ1v) is 10.9. The van der Waals surface area contributed by atoms with Gasteiger partial charge in [-0.05, 0) is 49.6 Å². The van der Waals surface area contributed by atoms with E-state index in [0.29, 0.717) is 33.4 Å². The summed E-state index contributed by atoms with van der Waals surface area (Å²) in [5.74, 6) is -0.238. The number of hydrogen-bond acceptors (Lipinski definition) is 7. The largest absolute Gasteiger partial charge is 0.483 e. The molecule has 0 radical (unpaired) electrons. The van der Waals surface area contributed by atoms with Crippen molar-refractivity contribution in [1.29, 1.82) is 0 Å². The van der Waals surface area contributed by atoms with E-state index in [0.717, 1.165) is 16.7 Å². The van der Waals surface area contributed by atoms with Crippen molar-refractivity contribution in [2.75, 3.05) is 18.5 Å². The lowest BCUT2D eigenvalue weighted by atomic mass is 10.1. The lowest BCUT2D eigenvalue weighted by molar-refractivity contribution is -0.118. The molecule has 0 fully saturated rings. The Hall–Kier alpha value is -3.59. The maximum absolute atomic E-state index is 12.4. The van der Waals surface area contributed by atoms with Crippen molar-refractivity contribution >= 4 is 34.2 Å². The number of benzene rings is 2. The molecule has 1 aliphatic rings. The Morgan fingerprint density at radius 2 is 1.66 bits per heavy atom. The smallest absolute Gasteiger partial charge is 0.264 e. The van der Waals surface area contributed by atoms with Crippen LogP contribution in [-0.2, 0) is 11.2 Å². The Morgan fingerprint density at radius 3 is 2.34 bits per heavy atom. The molecule has 0 saturated carbocycles. The van der Waals surface area contributed by atoms with E-state index in [4.69, 9.17) is 4.74 Å². The minimum Gasteiger partial charge on any atom is -0.483 e. The van der Waals surface area contributed by atoms with Crippen molar-refractivity contribution in [3.8, 4) is 5.75 Å². The van der Waals surface area contributed by atoms with Crippen LogP contribution >= 0.6 is 11.3 Å². The Balaban J connectivity index is 1.31. The van der Waals surface area contributed by atoms with Crippen LogP contribution in [0.1, 0.15) is 42.4 Å². The number of aromatic nitrogens is 2. The maximum atomic E-state index is 12.4. The van der Waals surface area contributed by atoms with E-state index in [9.17, 15) is 14.4 Å². The summed E-state index contributed by atoms with van der Waals surface area (Å²) in [5.41, 5.74) is 3.90. The summed E-state index contributed by atoms with van der Waals surface area (Å²) in [5, 5.41) is 11.7. The van der Waals surface area contributed by atoms with Crippen molar-refractivity contribution < 1.29 is 19.1 Å². The highest BCUT2D eigenvalue weighted by Gasteiger charge is 2.34. The summed E-state index contributed by atoms with van der Waals surface area (Å²) >= 11 is 1.20. The molecular weight excluding hydrogens is 428 g/mol. The molecule has 4 rings (SSSR count). The average molecular weight is 451 g/mol. The van der Waals surface area contributed by atoms with E-state index >= 15 is 0 Å². The number of amides is 3. The van der Waals surface area contributed by atoms with Crippen molar-refractivity contribution in [3.05, 3.63) is 69.2 Å². The van der Waals surface area contributed by atoms with Gasteiger partial charge in [-0.3, -0.25) is 24.6 Å². The van der Waals surface area contributed by atoms with Crippen molar-refractivity contribution in [3.63, 3.8) is 0 Å². The predicted molar refractivity (Wildman–Crippen MR) is 120 cm³/mol. The SMILES string of the molecule is Cc1ccc(C)c(OCC(=O)Nc2nnc(CCN3C(=O)c4ccccc4C3=O)s2)c1C. The summed E-state index contributed by atoms with van der Waals surface area (Å²) in [6.45, 7) is 5.94. The normalized spacial score (nSPS) is 12.8. The van der Waals surface area contributed by atoms with Gasteiger partial charge in [0, 0.05) is 13.0 Å². The Morgan fingerprint density at radius 1 is 1.00 bits per heavy atom. The summed E-state index contributed by atoms with van der Waals surface area (Å²) in [6.07, 6.45) is 0.358. The van der Waals surface area contributed by atoms with Crippen LogP contribution in [0.2, 0.25) is 0 Å². The number of nitrogens with zero attached hydrogens (tertiary/aromatic N) is 3. The molecule has 2 heterocycles. The second-order valence-corrected chi connectivity index (χ2v) is 8.61. The highest BCUT2D eigenvalue weighted by molar-refractivity contribution is 7.15. The number of aryl methyl sites for hydroxylation is 2. The van der Waals surface area contributed by atoms with Gasteiger partial charge in [-0.1, -0.05) is 35.6 Å². The van der Waals surface area contributed by atoms with Crippen LogP contribution < -0.4 is 10.1 Å². The fraction of sp³-hybridized carbons (Fsp3) is 0.261. The van der Waals surface area contributed by atoms with Gasteiger partial charge in [0.2, 0.25) is 5.13 Å². The van der Waals surface area contributed by atoms with Gasteiger partial charge >= 0.3 is 0 Å². The first-order valence-electron chi connectivity index (χ1n) is 10.1. The van der Waals surface area contributed by atoms with Crippen LogP contribution in [0.4, 0.5) is 5.13 Å². The van der Waals surface area contributed by atoms with Crippen LogP contribution in [0.15, 0.2) is 36.4 Å². The number of nitrogens with one attached hydrogen (secondary N) is 1. The van der Waals surface area contributed by atoms with Gasteiger partial charge < -0.3 is 4.74 Å². The Bertz CT molecular complexity index is 1190. The van der Waals surface area contributed by atoms with E-state index in [2.05, 4.69) is 15.5 Å². The minimum atomic E-state index is -0.339. The first kappa shape index (κ1) is 21.6. The molecule has 0 spiro atoms. The number of anilines is 1. The van der Waals surface area contributed by atoms with Crippen molar-refractivity contribution in [2.24, 2.45) is 0 Å². The fourth-order valence-corrected chi connectivity index (χ4v) is 4.24. The highest BCUT2D eigenvalue weighted by Crippen LogP contribution is 2.26. The zero-order valence-electron chi connectivity index (χ0n) is 18.0. The first-order chi connectivity index (χ1) is 15.3. The van der Waals surface area contributed by atoms with E-state index in [-0.39, 0.29) is 30.9 Å². The van der Waals surface area contributed by atoms with Crippen LogP contribution in [0, 0.1) is 20.8 Å². The molecule has 164 valence electrons. The van der Waals surface area contributed by atoms with Crippen LogP contribution in [0.5, 0.6) is 5.75 Å². The van der Waals surface area contributed by atoms with E-state index < -0.39 is 0 Å². The maximum Gasteiger partial charge on any atom is 0.264 e. The molecule has 1 aliphatic heterocycles. The Kier molecular flexibility index (Phi) is 6.00. The van der Waals surface area contributed by atoms with Gasteiger partial charge in [0.1, 0.15) is 10.8 Å². The number of carbonyl (C=O) groups is 3. The molecule has 3 amide bonds. The fourth-order valence-electron chi connectivity index (χ4n) is 3.50. The van der Waals surface area contributed by atoms with Gasteiger partial charge in [-0.2, -0.15) is 0 Å². The van der Waals surface area contributed by atoms with Gasteiger partial charge in [-0.25, -0.2) is 0 Å². The van der Waals surface area contributed by atoms with Gasteiger partial charge in [-0.15, -0.1) is 10.2 Å². The van der Waals surface area contributed by atoms with E-state index in [1.165, 1.54) is 16.2 Å². The monoisotopic (exact) mass is 450 g/mol. The topological polar surface area (TPSA) is 101 Å². The van der Waals surface area contributed by atoms with Crippen LogP contribution in [-0.4, -0.2) is 46.0 Å². The average Bonchev–Trinajstić information content (AvgIpc) is 3.32. The van der Waals surface area contributed by atoms with Gasteiger partial charge in [0.25, 0.3) is 17.7 Å². The standard InChI is InChI=1S/C23H22N4O4S/c1-13-8-9-14(2)20(15(13)3)31-12-18(28)24-23-26-25-19(32-23)10-11-27-21(29)16-6-4-5-7-17(16)22(27)30/h4-9H,10-12H2,1-3H3,(H,24,26,28).